The molecule has 0 aliphatic heterocycles. The lowest BCUT2D eigenvalue weighted by Crippen LogP contribution is -2.44. The first kappa shape index (κ1) is 14.7. The number of hydrogen-bond acceptors (Lipinski definition) is 8. The fraction of sp³-hybridized carbons (Fsp3) is 0.500. The van der Waals surface area contributed by atoms with Gasteiger partial charge in [0, 0.05) is 0 Å². The maximum Gasteiger partial charge on any atom is 0.191 e. The molecule has 0 amide bonds. The van der Waals surface area contributed by atoms with Crippen LogP contribution in [0.2, 0.25) is 0 Å². The molecule has 1 fully saturated rings. The van der Waals surface area contributed by atoms with Crippen LogP contribution in [0.3, 0.4) is 0 Å². The molecular formula is C14H15N5O3S. The summed E-state index contributed by atoms with van der Waals surface area (Å²) < 4.78 is 1.68. The molecule has 1 saturated carbocycles. The molecule has 4 rings (SSSR count). The van der Waals surface area contributed by atoms with E-state index >= 15 is 0 Å². The molecular weight excluding hydrogens is 318 g/mol. The number of rotatable bonds is 3. The number of nitrogens with two attached hydrogens (primary N) is 1. The molecule has 2 aliphatic rings. The van der Waals surface area contributed by atoms with E-state index in [9.17, 15) is 15.3 Å². The third-order valence-corrected chi connectivity index (χ3v) is 5.30. The molecule has 0 aromatic carbocycles. The summed E-state index contributed by atoms with van der Waals surface area (Å²) in [6.45, 7) is -0.306. The molecule has 2 aromatic heterocycles. The van der Waals surface area contributed by atoms with E-state index in [1.807, 2.05) is 6.26 Å². The number of hydrogen-bond donors (Lipinski definition) is 4. The lowest BCUT2D eigenvalue weighted by atomic mass is 9.70. The van der Waals surface area contributed by atoms with Gasteiger partial charge in [-0.05, 0) is 6.26 Å². The Hall–Kier alpha value is -1.86. The Labute approximate surface area is 135 Å². The predicted molar refractivity (Wildman–Crippen MR) is 83.4 cm³/mol. The van der Waals surface area contributed by atoms with Gasteiger partial charge in [-0.2, -0.15) is 0 Å². The summed E-state index contributed by atoms with van der Waals surface area (Å²) in [6, 6.07) is -0.549. The Morgan fingerprint density at radius 1 is 1.43 bits per heavy atom. The van der Waals surface area contributed by atoms with E-state index in [-0.39, 0.29) is 18.3 Å². The summed E-state index contributed by atoms with van der Waals surface area (Å²) in [5.41, 5.74) is 5.86. The third-order valence-electron chi connectivity index (χ3n) is 4.75. The van der Waals surface area contributed by atoms with Crippen LogP contribution in [0, 0.1) is 23.2 Å². The quantitative estimate of drug-likeness (QED) is 0.320. The Bertz CT molecular complexity index is 859. The first-order valence-corrected chi connectivity index (χ1v) is 8.29. The third kappa shape index (κ3) is 1.72. The molecule has 0 saturated heterocycles. The first-order chi connectivity index (χ1) is 11.0. The first-order valence-electron chi connectivity index (χ1n) is 7.07. The standard InChI is InChI=1S/C14H15N5O3S/c1-23-13-17-11(15)7-12(18-13)19(5-16-7)8-6-2-3-14(6,4-20)10(22)9(8)21/h5-6,8-10,20-22H,4H2,1H3,(H2,15,17,18)/t6-,8-,9?,10?,14+/m1/s1. The smallest absolute Gasteiger partial charge is 0.191 e. The van der Waals surface area contributed by atoms with Crippen LogP contribution < -0.4 is 5.73 Å². The number of fused-ring (bicyclic) bond motifs is 2. The van der Waals surface area contributed by atoms with Crippen molar-refractivity contribution in [2.75, 3.05) is 18.6 Å². The topological polar surface area (TPSA) is 130 Å². The largest absolute Gasteiger partial charge is 0.395 e. The highest BCUT2D eigenvalue weighted by atomic mass is 32.2. The molecule has 5 atom stereocenters. The molecule has 5 N–H and O–H groups in total. The predicted octanol–water partition coefficient (Wildman–Crippen LogP) is -0.981. The molecule has 8 nitrogen and oxygen atoms in total. The van der Waals surface area contributed by atoms with Crippen molar-refractivity contribution in [2.24, 2.45) is 11.3 Å². The average molecular weight is 333 g/mol. The zero-order chi connectivity index (χ0) is 16.4. The lowest BCUT2D eigenvalue weighted by molar-refractivity contribution is -0.0300. The normalized spacial score (nSPS) is 34.8. The van der Waals surface area contributed by atoms with Crippen LogP contribution in [0.25, 0.3) is 11.2 Å². The summed E-state index contributed by atoms with van der Waals surface area (Å²) >= 11 is 1.35. The monoisotopic (exact) mass is 333 g/mol. The van der Waals surface area contributed by atoms with Gasteiger partial charge in [0.1, 0.15) is 17.7 Å². The van der Waals surface area contributed by atoms with Gasteiger partial charge in [0.2, 0.25) is 0 Å². The van der Waals surface area contributed by atoms with Crippen molar-refractivity contribution in [1.82, 2.24) is 19.5 Å². The van der Waals surface area contributed by atoms with E-state index in [2.05, 4.69) is 26.8 Å². The fourth-order valence-corrected chi connectivity index (χ4v) is 3.83. The number of anilines is 1. The zero-order valence-electron chi connectivity index (χ0n) is 12.2. The fourth-order valence-electron chi connectivity index (χ4n) is 3.46. The molecule has 2 aliphatic carbocycles. The Morgan fingerprint density at radius 2 is 2.22 bits per heavy atom. The van der Waals surface area contributed by atoms with Crippen LogP contribution in [0.1, 0.15) is 6.04 Å². The van der Waals surface area contributed by atoms with Gasteiger partial charge in [-0.15, -0.1) is 0 Å². The maximum atomic E-state index is 10.5. The van der Waals surface area contributed by atoms with Crippen LogP contribution in [0.5, 0.6) is 0 Å². The van der Waals surface area contributed by atoms with Crippen LogP contribution >= 0.6 is 11.8 Å². The van der Waals surface area contributed by atoms with E-state index in [1.54, 1.807) is 4.57 Å². The lowest BCUT2D eigenvalue weighted by Gasteiger charge is -2.35. The summed E-state index contributed by atoms with van der Waals surface area (Å²) in [6.07, 6.45) is 1.14. The molecule has 2 aromatic rings. The van der Waals surface area contributed by atoms with Gasteiger partial charge in [0.15, 0.2) is 16.6 Å². The van der Waals surface area contributed by atoms with Gasteiger partial charge in [-0.3, -0.25) is 0 Å². The second-order valence-electron chi connectivity index (χ2n) is 5.79. The number of thioether (sulfide) groups is 1. The summed E-state index contributed by atoms with van der Waals surface area (Å²) in [5.74, 6) is 5.66. The highest BCUT2D eigenvalue weighted by Gasteiger charge is 2.63. The summed E-state index contributed by atoms with van der Waals surface area (Å²) in [4.78, 5) is 12.8. The van der Waals surface area contributed by atoms with E-state index in [0.717, 1.165) is 0 Å². The highest BCUT2D eigenvalue weighted by Crippen LogP contribution is 2.53. The van der Waals surface area contributed by atoms with Crippen molar-refractivity contribution in [3.63, 3.8) is 0 Å². The van der Waals surface area contributed by atoms with E-state index in [0.29, 0.717) is 16.3 Å². The molecule has 0 bridgehead atoms. The highest BCUT2D eigenvalue weighted by molar-refractivity contribution is 7.98. The average Bonchev–Trinajstić information content (AvgIpc) is 3.00. The van der Waals surface area contributed by atoms with Crippen LogP contribution in [0.4, 0.5) is 5.82 Å². The maximum absolute atomic E-state index is 10.5. The molecule has 0 radical (unpaired) electrons. The molecule has 0 spiro atoms. The number of aromatic nitrogens is 4. The zero-order valence-corrected chi connectivity index (χ0v) is 13.0. The number of aliphatic hydroxyl groups is 3. The van der Waals surface area contributed by atoms with Crippen LogP contribution in [-0.2, 0) is 0 Å². The van der Waals surface area contributed by atoms with E-state index < -0.39 is 23.7 Å². The van der Waals surface area contributed by atoms with Crippen LogP contribution in [0.15, 0.2) is 11.5 Å². The van der Waals surface area contributed by atoms with Crippen molar-refractivity contribution in [2.45, 2.75) is 23.4 Å². The Morgan fingerprint density at radius 3 is 2.78 bits per heavy atom. The van der Waals surface area contributed by atoms with Gasteiger partial charge in [0.05, 0.1) is 30.3 Å². The van der Waals surface area contributed by atoms with Crippen molar-refractivity contribution < 1.29 is 15.3 Å². The van der Waals surface area contributed by atoms with Crippen molar-refractivity contribution in [3.8, 4) is 11.8 Å². The van der Waals surface area contributed by atoms with Gasteiger partial charge in [-0.25, -0.2) is 15.0 Å². The molecule has 2 unspecified atom stereocenters. The molecule has 120 valence electrons. The summed E-state index contributed by atoms with van der Waals surface area (Å²) in [7, 11) is 0. The molecule has 23 heavy (non-hydrogen) atoms. The van der Waals surface area contributed by atoms with Crippen molar-refractivity contribution in [3.05, 3.63) is 6.33 Å². The molecule has 9 heteroatoms. The number of nitrogen functional groups attached to an aromatic ring is 1. The second kappa shape index (κ2) is 4.82. The van der Waals surface area contributed by atoms with Gasteiger partial charge in [0.25, 0.3) is 0 Å². The van der Waals surface area contributed by atoms with Crippen LogP contribution in [-0.4, -0.2) is 59.9 Å². The minimum Gasteiger partial charge on any atom is -0.395 e. The number of imidazole rings is 1. The number of aliphatic hydroxyl groups excluding tert-OH is 3. The number of nitrogens with zero attached hydrogens (tertiary/aromatic N) is 4. The Kier molecular flexibility index (Phi) is 3.08. The van der Waals surface area contributed by atoms with Gasteiger partial charge >= 0.3 is 0 Å². The van der Waals surface area contributed by atoms with Crippen molar-refractivity contribution >= 4 is 28.7 Å². The Balaban J connectivity index is 1.88. The summed E-state index contributed by atoms with van der Waals surface area (Å²) in [5, 5.41) is 31.0. The SMILES string of the molecule is CSc1nc(N)c2ncn([C@H]3C(O)C(O)[C@]4(CO)C#C[C@H]34)c2n1. The van der Waals surface area contributed by atoms with Crippen molar-refractivity contribution in [1.29, 1.82) is 0 Å². The minimum absolute atomic E-state index is 0.263. The second-order valence-corrected chi connectivity index (χ2v) is 6.56. The minimum atomic E-state index is -1.12. The molecule has 2 heterocycles. The van der Waals surface area contributed by atoms with Gasteiger partial charge in [-0.1, -0.05) is 23.6 Å². The van der Waals surface area contributed by atoms with Gasteiger partial charge < -0.3 is 25.6 Å². The van der Waals surface area contributed by atoms with E-state index in [1.165, 1.54) is 18.1 Å². The van der Waals surface area contributed by atoms with E-state index in [4.69, 9.17) is 5.73 Å².